The molecule has 3 aliphatic rings. The Labute approximate surface area is 370 Å². The number of phenolic OH excluding ortho intramolecular Hbond substituents is 1. The molecule has 3 N–H and O–H groups in total. The number of phenols is 1. The number of aryl methyl sites for hydroxylation is 1. The highest BCUT2D eigenvalue weighted by Gasteiger charge is 2.37. The number of allylic oxidation sites excluding steroid dienone is 1. The fourth-order valence-electron chi connectivity index (χ4n) is 9.53. The highest BCUT2D eigenvalue weighted by atomic mass is 16.5. The first kappa shape index (κ1) is 45.5. The Kier molecular flexibility index (Phi) is 13.5. The zero-order valence-corrected chi connectivity index (χ0v) is 38.2. The van der Waals surface area contributed by atoms with Crippen molar-refractivity contribution >= 4 is 34.6 Å². The van der Waals surface area contributed by atoms with Gasteiger partial charge in [-0.1, -0.05) is 26.0 Å². The number of amides is 3. The van der Waals surface area contributed by atoms with Crippen LogP contribution in [0.5, 0.6) is 5.75 Å². The van der Waals surface area contributed by atoms with Crippen molar-refractivity contribution in [3.63, 3.8) is 0 Å². The molecule has 0 spiro atoms. The Balaban J connectivity index is 1.34. The quantitative estimate of drug-likeness (QED) is 0.139. The molecule has 7 rings (SSSR count). The van der Waals surface area contributed by atoms with Gasteiger partial charge in [-0.15, -0.1) is 0 Å². The van der Waals surface area contributed by atoms with Crippen molar-refractivity contribution < 1.29 is 33.8 Å². The van der Waals surface area contributed by atoms with Crippen molar-refractivity contribution in [2.45, 2.75) is 98.4 Å². The largest absolute Gasteiger partial charge is 0.508 e. The van der Waals surface area contributed by atoms with Gasteiger partial charge >= 0.3 is 5.97 Å². The molecule has 2 aromatic heterocycles. The number of hydrazine groups is 1. The molecule has 4 atom stereocenters. The summed E-state index contributed by atoms with van der Waals surface area (Å²) in [4.78, 5) is 64.9. The van der Waals surface area contributed by atoms with E-state index in [1.54, 1.807) is 46.3 Å². The summed E-state index contributed by atoms with van der Waals surface area (Å²) in [5.74, 6) is -1.89. The number of fused-ring (bicyclic) bond motifs is 6. The molecule has 4 aromatic rings. The molecule has 3 amide bonds. The number of pyridine rings is 1. The van der Waals surface area contributed by atoms with Gasteiger partial charge in [-0.3, -0.25) is 29.2 Å². The molecule has 5 heterocycles. The second-order valence-electron chi connectivity index (χ2n) is 18.5. The topological polar surface area (TPSA) is 159 Å². The van der Waals surface area contributed by atoms with Gasteiger partial charge in [0.15, 0.2) is 0 Å². The molecule has 14 nitrogen and oxygen atoms in total. The fraction of sp³-hybridized carbons (Fsp3) is 0.490. The van der Waals surface area contributed by atoms with Crippen molar-refractivity contribution in [1.82, 2.24) is 35.1 Å². The highest BCUT2D eigenvalue weighted by Crippen LogP contribution is 2.42. The summed E-state index contributed by atoms with van der Waals surface area (Å²) < 4.78 is 14.2. The summed E-state index contributed by atoms with van der Waals surface area (Å²) in [6.07, 6.45) is 3.76. The molecule has 0 radical (unpaired) electrons. The zero-order valence-electron chi connectivity index (χ0n) is 38.2. The minimum atomic E-state index is -1.14. The molecule has 0 saturated carbocycles. The van der Waals surface area contributed by atoms with Crippen molar-refractivity contribution in [2.24, 2.45) is 11.3 Å². The van der Waals surface area contributed by atoms with Gasteiger partial charge in [-0.2, -0.15) is 0 Å². The molecule has 6 bridgehead atoms. The number of ether oxygens (including phenoxy) is 2. The summed E-state index contributed by atoms with van der Waals surface area (Å²) in [7, 11) is 5.25. The lowest BCUT2D eigenvalue weighted by Crippen LogP contribution is -2.60. The lowest BCUT2D eigenvalue weighted by atomic mass is 9.84. The maximum absolute atomic E-state index is 14.6. The minimum absolute atomic E-state index is 0.00649. The molecule has 336 valence electrons. The first-order valence-electron chi connectivity index (χ1n) is 22.1. The van der Waals surface area contributed by atoms with Gasteiger partial charge in [-0.05, 0) is 131 Å². The molecular weight excluding hydrogens is 799 g/mol. The van der Waals surface area contributed by atoms with Gasteiger partial charge in [0.25, 0.3) is 11.8 Å². The number of hydrogen-bond acceptors (Lipinski definition) is 10. The summed E-state index contributed by atoms with van der Waals surface area (Å²) in [6.45, 7) is 14.3. The number of aromatic hydroxyl groups is 1. The molecular formula is C49H63N7O7. The number of aromatic nitrogens is 2. The van der Waals surface area contributed by atoms with Gasteiger partial charge in [-0.25, -0.2) is 5.43 Å². The smallest absolute Gasteiger partial charge is 0.324 e. The SMILES string of the molecule is CCn1c(-c2cccnc2[C@H](C)OC)c2c3cc(ccc31)-c1cc(O)cc(c1)C[C@H](NC(=O)C(=C(C)C)N(C)C(=O)[C@H]1CCN(C)C1)C(=O)N1CCC[C@H](N1)C(=O)OCC(C)(C)C2. The number of methoxy groups -OCH3 is 1. The van der Waals surface area contributed by atoms with E-state index >= 15 is 0 Å². The average Bonchev–Trinajstić information content (AvgIpc) is 3.83. The van der Waals surface area contributed by atoms with Crippen molar-refractivity contribution in [3.05, 3.63) is 82.8 Å². The summed E-state index contributed by atoms with van der Waals surface area (Å²) >= 11 is 0. The predicted octanol–water partition coefficient (Wildman–Crippen LogP) is 6.16. The van der Waals surface area contributed by atoms with E-state index in [0.717, 1.165) is 51.1 Å². The number of rotatable bonds is 8. The van der Waals surface area contributed by atoms with Crippen LogP contribution in [0.1, 0.15) is 83.7 Å². The van der Waals surface area contributed by atoms with E-state index in [1.165, 1.54) is 9.91 Å². The minimum Gasteiger partial charge on any atom is -0.508 e. The number of likely N-dealkylation sites (tertiary alicyclic amines) is 1. The number of likely N-dealkylation sites (N-methyl/N-ethyl adjacent to an activating group) is 1. The van der Waals surface area contributed by atoms with E-state index in [1.807, 2.05) is 32.2 Å². The van der Waals surface area contributed by atoms with Crippen LogP contribution in [0, 0.1) is 11.3 Å². The van der Waals surface area contributed by atoms with Gasteiger partial charge in [0.1, 0.15) is 23.5 Å². The Bertz CT molecular complexity index is 2440. The van der Waals surface area contributed by atoms with Crippen LogP contribution in [0.2, 0.25) is 0 Å². The lowest BCUT2D eigenvalue weighted by Gasteiger charge is -2.36. The van der Waals surface area contributed by atoms with E-state index in [0.29, 0.717) is 56.5 Å². The van der Waals surface area contributed by atoms with Crippen molar-refractivity contribution in [1.29, 1.82) is 0 Å². The number of carbonyl (C=O) groups excluding carboxylic acids is 4. The number of hydrogen-bond donors (Lipinski definition) is 3. The molecule has 63 heavy (non-hydrogen) atoms. The third kappa shape index (κ3) is 9.53. The maximum atomic E-state index is 14.6. The zero-order chi connectivity index (χ0) is 45.3. The Morgan fingerprint density at radius 2 is 1.87 bits per heavy atom. The molecule has 2 fully saturated rings. The second-order valence-corrected chi connectivity index (χ2v) is 18.5. The second kappa shape index (κ2) is 18.6. The number of esters is 1. The van der Waals surface area contributed by atoms with Crippen LogP contribution in [0.4, 0.5) is 0 Å². The third-order valence-corrected chi connectivity index (χ3v) is 12.8. The molecule has 0 unspecified atom stereocenters. The number of cyclic esters (lactones) is 1. The first-order chi connectivity index (χ1) is 30.0. The molecule has 2 saturated heterocycles. The van der Waals surface area contributed by atoms with Crippen LogP contribution in [0.15, 0.2) is 66.0 Å². The van der Waals surface area contributed by atoms with Gasteiger partial charge in [0, 0.05) is 68.3 Å². The summed E-state index contributed by atoms with van der Waals surface area (Å²) in [5.41, 5.74) is 10.5. The lowest BCUT2D eigenvalue weighted by molar-refractivity contribution is -0.155. The van der Waals surface area contributed by atoms with Crippen LogP contribution in [0.25, 0.3) is 33.3 Å². The highest BCUT2D eigenvalue weighted by molar-refractivity contribution is 6.01. The average molecular weight is 862 g/mol. The van der Waals surface area contributed by atoms with Crippen LogP contribution in [0.3, 0.4) is 0 Å². The number of nitrogens with zero attached hydrogens (tertiary/aromatic N) is 5. The van der Waals surface area contributed by atoms with E-state index < -0.39 is 35.3 Å². The van der Waals surface area contributed by atoms with Crippen molar-refractivity contribution in [3.8, 4) is 28.1 Å². The monoisotopic (exact) mass is 861 g/mol. The van der Waals surface area contributed by atoms with E-state index in [2.05, 4.69) is 59.2 Å². The molecule has 0 aliphatic carbocycles. The van der Waals surface area contributed by atoms with Gasteiger partial charge in [0.2, 0.25) is 5.91 Å². The van der Waals surface area contributed by atoms with E-state index in [9.17, 15) is 24.3 Å². The van der Waals surface area contributed by atoms with Crippen LogP contribution in [-0.2, 0) is 48.0 Å². The number of carbonyl (C=O) groups is 4. The molecule has 3 aliphatic heterocycles. The molecule has 2 aromatic carbocycles. The fourth-order valence-corrected chi connectivity index (χ4v) is 9.53. The maximum Gasteiger partial charge on any atom is 0.324 e. The predicted molar refractivity (Wildman–Crippen MR) is 242 cm³/mol. The van der Waals surface area contributed by atoms with E-state index in [4.69, 9.17) is 14.5 Å². The Morgan fingerprint density at radius 3 is 2.57 bits per heavy atom. The molecule has 14 heteroatoms. The Morgan fingerprint density at radius 1 is 1.10 bits per heavy atom. The first-order valence-corrected chi connectivity index (χ1v) is 22.1. The normalized spacial score (nSPS) is 21.1. The van der Waals surface area contributed by atoms with Crippen molar-refractivity contribution in [2.75, 3.05) is 47.4 Å². The summed E-state index contributed by atoms with van der Waals surface area (Å²) in [5, 5.41) is 16.7. The van der Waals surface area contributed by atoms with Crippen LogP contribution in [-0.4, -0.2) is 113 Å². The Hall–Kier alpha value is -5.57. The standard InChI is InChI=1S/C49H63N7O7/c1-10-55-41-16-15-32-25-37(41)38(44(55)36-13-11-18-50-42(36)30(4)62-9)26-49(5,6)28-63-48(61)39-14-12-19-56(52-39)47(60)40(23-31-21-34(32)24-35(57)22-31)51-45(58)43(29(2)3)54(8)46(59)33-17-20-53(7)27-33/h11,13,15-16,18,21-22,24-25,30,33,39-40,52,57H,10,12,14,17,19-20,23,26-28H2,1-9H3,(H,51,58)/t30-,33-,39-,40-/m0/s1. The van der Waals surface area contributed by atoms with Crippen LogP contribution >= 0.6 is 0 Å². The number of nitrogens with one attached hydrogen (secondary N) is 2. The van der Waals surface area contributed by atoms with Gasteiger partial charge in [0.05, 0.1) is 30.0 Å². The van der Waals surface area contributed by atoms with E-state index in [-0.39, 0.29) is 42.4 Å². The van der Waals surface area contributed by atoms with Crippen LogP contribution < -0.4 is 10.7 Å². The third-order valence-electron chi connectivity index (χ3n) is 12.8. The summed E-state index contributed by atoms with van der Waals surface area (Å²) in [6, 6.07) is 13.6. The van der Waals surface area contributed by atoms with Gasteiger partial charge < -0.3 is 34.3 Å². The number of benzene rings is 2.